The van der Waals surface area contributed by atoms with Crippen molar-refractivity contribution in [1.82, 2.24) is 9.62 Å². The van der Waals surface area contributed by atoms with Crippen molar-refractivity contribution in [1.29, 1.82) is 0 Å². The van der Waals surface area contributed by atoms with Crippen molar-refractivity contribution in [3.63, 3.8) is 0 Å². The van der Waals surface area contributed by atoms with E-state index in [0.29, 0.717) is 48.1 Å². The van der Waals surface area contributed by atoms with Crippen LogP contribution >= 0.6 is 23.2 Å². The van der Waals surface area contributed by atoms with E-state index in [9.17, 15) is 13.2 Å². The first-order valence-electron chi connectivity index (χ1n) is 11.1. The Hall–Kier alpha value is -2.32. The maximum atomic E-state index is 13.0. The number of ether oxygens (including phenoxy) is 1. The van der Waals surface area contributed by atoms with Gasteiger partial charge in [0.05, 0.1) is 18.2 Å². The number of fused-ring (bicyclic) bond motifs is 1. The van der Waals surface area contributed by atoms with Crippen molar-refractivity contribution in [2.75, 3.05) is 26.2 Å². The Morgan fingerprint density at radius 2 is 1.74 bits per heavy atom. The fraction of sp³-hybridized carbons (Fsp3) is 0.320. The third-order valence-electron chi connectivity index (χ3n) is 5.95. The zero-order chi connectivity index (χ0) is 24.1. The topological polar surface area (TPSA) is 75.7 Å². The highest BCUT2D eigenvalue weighted by atomic mass is 35.5. The van der Waals surface area contributed by atoms with Gasteiger partial charge in [-0.25, -0.2) is 12.7 Å². The molecule has 0 aliphatic carbocycles. The van der Waals surface area contributed by atoms with Gasteiger partial charge < -0.3 is 10.1 Å². The first-order valence-corrected chi connectivity index (χ1v) is 13.5. The van der Waals surface area contributed by atoms with Crippen LogP contribution in [0.15, 0.2) is 60.7 Å². The SMILES string of the molecule is O=C(NCCOc1cccc2ccccc12)[C@H]1CCCN(S(=O)(=O)Cc2c(Cl)cccc2Cl)C1. The lowest BCUT2D eigenvalue weighted by molar-refractivity contribution is -0.126. The van der Waals surface area contributed by atoms with E-state index in [1.807, 2.05) is 42.5 Å². The van der Waals surface area contributed by atoms with E-state index in [-0.39, 0.29) is 18.2 Å². The van der Waals surface area contributed by atoms with Crippen LogP contribution in [0.4, 0.5) is 0 Å². The van der Waals surface area contributed by atoms with E-state index >= 15 is 0 Å². The second-order valence-corrected chi connectivity index (χ2v) is 11.1. The maximum absolute atomic E-state index is 13.0. The van der Waals surface area contributed by atoms with Crippen LogP contribution in [0, 0.1) is 5.92 Å². The van der Waals surface area contributed by atoms with Crippen LogP contribution < -0.4 is 10.1 Å². The fourth-order valence-corrected chi connectivity index (χ4v) is 6.52. The van der Waals surface area contributed by atoms with Crippen LogP contribution in [-0.4, -0.2) is 44.9 Å². The Bertz CT molecular complexity index is 1260. The number of nitrogens with one attached hydrogen (secondary N) is 1. The summed E-state index contributed by atoms with van der Waals surface area (Å²) in [7, 11) is -3.67. The van der Waals surface area contributed by atoms with E-state index in [4.69, 9.17) is 27.9 Å². The minimum atomic E-state index is -3.67. The molecular weight excluding hydrogens is 495 g/mol. The molecule has 1 heterocycles. The molecule has 1 saturated heterocycles. The van der Waals surface area contributed by atoms with E-state index in [0.717, 1.165) is 16.5 Å². The quantitative estimate of drug-likeness (QED) is 0.429. The van der Waals surface area contributed by atoms with Gasteiger partial charge >= 0.3 is 0 Å². The molecule has 0 spiro atoms. The summed E-state index contributed by atoms with van der Waals surface area (Å²) in [6.07, 6.45) is 1.24. The van der Waals surface area contributed by atoms with Crippen LogP contribution in [0.2, 0.25) is 10.0 Å². The molecule has 1 amide bonds. The van der Waals surface area contributed by atoms with Crippen molar-refractivity contribution in [3.8, 4) is 5.75 Å². The van der Waals surface area contributed by atoms with Crippen LogP contribution in [0.5, 0.6) is 5.75 Å². The van der Waals surface area contributed by atoms with Gasteiger partial charge in [0.2, 0.25) is 15.9 Å². The Labute approximate surface area is 209 Å². The van der Waals surface area contributed by atoms with Gasteiger partial charge in [0.25, 0.3) is 0 Å². The average Bonchev–Trinajstić information content (AvgIpc) is 2.84. The second kappa shape index (κ2) is 11.0. The molecule has 34 heavy (non-hydrogen) atoms. The van der Waals surface area contributed by atoms with Gasteiger partial charge in [-0.1, -0.05) is 65.7 Å². The lowest BCUT2D eigenvalue weighted by Gasteiger charge is -2.31. The van der Waals surface area contributed by atoms with Crippen LogP contribution in [0.25, 0.3) is 10.8 Å². The summed E-state index contributed by atoms with van der Waals surface area (Å²) in [6.45, 7) is 1.17. The van der Waals surface area contributed by atoms with Crippen molar-refractivity contribution in [2.24, 2.45) is 5.92 Å². The van der Waals surface area contributed by atoms with Crippen LogP contribution in [0.3, 0.4) is 0 Å². The van der Waals surface area contributed by atoms with Crippen LogP contribution in [0.1, 0.15) is 18.4 Å². The Morgan fingerprint density at radius 3 is 2.53 bits per heavy atom. The Kier molecular flexibility index (Phi) is 7.99. The normalized spacial score (nSPS) is 16.9. The monoisotopic (exact) mass is 520 g/mol. The summed E-state index contributed by atoms with van der Waals surface area (Å²) in [4.78, 5) is 12.7. The first-order chi connectivity index (χ1) is 16.3. The smallest absolute Gasteiger partial charge is 0.224 e. The summed E-state index contributed by atoms with van der Waals surface area (Å²) in [6, 6.07) is 18.7. The largest absolute Gasteiger partial charge is 0.491 e. The van der Waals surface area contributed by atoms with Crippen molar-refractivity contribution in [2.45, 2.75) is 18.6 Å². The number of rotatable bonds is 8. The zero-order valence-corrected chi connectivity index (χ0v) is 20.9. The van der Waals surface area contributed by atoms with Gasteiger partial charge in [0, 0.05) is 34.1 Å². The van der Waals surface area contributed by atoms with Crippen molar-refractivity contribution < 1.29 is 17.9 Å². The summed E-state index contributed by atoms with van der Waals surface area (Å²) in [5.74, 6) is -0.112. The van der Waals surface area contributed by atoms with Gasteiger partial charge in [-0.05, 0) is 36.4 Å². The number of nitrogens with zero attached hydrogens (tertiary/aromatic N) is 1. The predicted octanol–water partition coefficient (Wildman–Crippen LogP) is 4.88. The molecule has 0 radical (unpaired) electrons. The van der Waals surface area contributed by atoms with E-state index in [1.165, 1.54) is 4.31 Å². The van der Waals surface area contributed by atoms with Gasteiger partial charge in [-0.2, -0.15) is 0 Å². The molecule has 3 aromatic carbocycles. The molecule has 1 aliphatic heterocycles. The number of carbonyl (C=O) groups is 1. The zero-order valence-electron chi connectivity index (χ0n) is 18.5. The molecule has 9 heteroatoms. The number of hydrogen-bond acceptors (Lipinski definition) is 4. The lowest BCUT2D eigenvalue weighted by Crippen LogP contribution is -2.46. The number of benzene rings is 3. The van der Waals surface area contributed by atoms with Gasteiger partial charge in [0.15, 0.2) is 0 Å². The lowest BCUT2D eigenvalue weighted by atomic mass is 9.99. The van der Waals surface area contributed by atoms with E-state index in [2.05, 4.69) is 5.32 Å². The molecule has 0 bridgehead atoms. The highest BCUT2D eigenvalue weighted by Crippen LogP contribution is 2.29. The van der Waals surface area contributed by atoms with Crippen molar-refractivity contribution in [3.05, 3.63) is 76.3 Å². The highest BCUT2D eigenvalue weighted by molar-refractivity contribution is 7.88. The fourth-order valence-electron chi connectivity index (χ4n) is 4.15. The standard InChI is InChI=1S/C25H26Cl2N2O4S/c26-22-10-4-11-23(27)21(22)17-34(31,32)29-14-5-8-19(16-29)25(30)28-13-15-33-24-12-3-7-18-6-1-2-9-20(18)24/h1-4,6-7,9-12,19H,5,8,13-17H2,(H,28,30)/t19-/m0/s1. The number of carbonyl (C=O) groups excluding carboxylic acids is 1. The van der Waals surface area contributed by atoms with Gasteiger partial charge in [-0.15, -0.1) is 0 Å². The molecule has 3 aromatic rings. The molecule has 1 fully saturated rings. The maximum Gasteiger partial charge on any atom is 0.224 e. The number of piperidine rings is 1. The number of sulfonamides is 1. The second-order valence-electron chi connectivity index (χ2n) is 8.27. The third-order valence-corrected chi connectivity index (χ3v) is 8.43. The van der Waals surface area contributed by atoms with Gasteiger partial charge in [0.1, 0.15) is 12.4 Å². The minimum absolute atomic E-state index is 0.139. The highest BCUT2D eigenvalue weighted by Gasteiger charge is 2.33. The molecule has 1 atom stereocenters. The molecular formula is C25H26Cl2N2O4S. The number of halogens is 2. The molecule has 6 nitrogen and oxygen atoms in total. The number of hydrogen-bond donors (Lipinski definition) is 1. The summed E-state index contributed by atoms with van der Waals surface area (Å²) >= 11 is 12.3. The Morgan fingerprint density at radius 1 is 1.03 bits per heavy atom. The summed E-state index contributed by atoms with van der Waals surface area (Å²) < 4.78 is 33.3. The molecule has 4 rings (SSSR count). The van der Waals surface area contributed by atoms with Crippen LogP contribution in [-0.2, 0) is 20.6 Å². The van der Waals surface area contributed by atoms with Crippen molar-refractivity contribution >= 4 is 49.9 Å². The molecule has 1 N–H and O–H groups in total. The summed E-state index contributed by atoms with van der Waals surface area (Å²) in [5, 5.41) is 5.62. The van der Waals surface area contributed by atoms with E-state index < -0.39 is 15.9 Å². The van der Waals surface area contributed by atoms with Gasteiger partial charge in [-0.3, -0.25) is 4.79 Å². The minimum Gasteiger partial charge on any atom is -0.491 e. The molecule has 0 unspecified atom stereocenters. The third kappa shape index (κ3) is 5.84. The first kappa shape index (κ1) is 24.8. The van der Waals surface area contributed by atoms with E-state index in [1.54, 1.807) is 18.2 Å². The average molecular weight is 521 g/mol. The predicted molar refractivity (Wildman–Crippen MR) is 136 cm³/mol. The summed E-state index contributed by atoms with van der Waals surface area (Å²) in [5.41, 5.74) is 0.378. The number of amides is 1. The molecule has 0 saturated carbocycles. The molecule has 1 aliphatic rings. The molecule has 0 aromatic heterocycles. The molecule has 180 valence electrons. The Balaban J connectivity index is 1.31.